The Balaban J connectivity index is 1.21. The lowest BCUT2D eigenvalue weighted by molar-refractivity contribution is 0.0581. The summed E-state index contributed by atoms with van der Waals surface area (Å²) in [6.07, 6.45) is 22.0. The maximum atomic E-state index is 2.81. The molecule has 226 valence electrons. The summed E-state index contributed by atoms with van der Waals surface area (Å²) in [6.45, 7) is 0. The van der Waals surface area contributed by atoms with Gasteiger partial charge in [-0.05, 0) is 169 Å². The molecule has 15 aliphatic rings. The Morgan fingerprint density at radius 2 is 1.00 bits per heavy atom. The molecule has 0 nitrogen and oxygen atoms in total. The molecule has 3 aromatic carbocycles. The van der Waals surface area contributed by atoms with E-state index in [1.54, 1.807) is 11.1 Å². The highest BCUT2D eigenvalue weighted by molar-refractivity contribution is 6.13. The van der Waals surface area contributed by atoms with Crippen LogP contribution in [0.1, 0.15) is 94.9 Å². The van der Waals surface area contributed by atoms with Crippen molar-refractivity contribution in [3.8, 4) is 11.1 Å². The van der Waals surface area contributed by atoms with Crippen LogP contribution in [0, 0.1) is 47.3 Å². The lowest BCUT2D eigenvalue weighted by Crippen LogP contribution is -2.65. The van der Waals surface area contributed by atoms with Crippen molar-refractivity contribution in [2.75, 3.05) is 0 Å². The normalized spacial score (nSPS) is 46.2. The van der Waals surface area contributed by atoms with Gasteiger partial charge < -0.3 is 0 Å². The van der Waals surface area contributed by atoms with Gasteiger partial charge in [0, 0.05) is 34.5 Å². The van der Waals surface area contributed by atoms with Gasteiger partial charge in [0.2, 0.25) is 0 Å². The second-order valence-electron chi connectivity index (χ2n) is 19.3. The monoisotopic (exact) mass is 610 g/mol. The molecule has 48 heavy (non-hydrogen) atoms. The number of hydrogen-bond acceptors (Lipinski definition) is 0. The molecular formula is C48H34. The van der Waals surface area contributed by atoms with Crippen molar-refractivity contribution >= 4 is 27.9 Å². The Labute approximate surface area is 279 Å². The molecule has 0 heteroatoms. The quantitative estimate of drug-likeness (QED) is 0.212. The highest BCUT2D eigenvalue weighted by Crippen LogP contribution is 2.80. The van der Waals surface area contributed by atoms with Crippen molar-refractivity contribution < 1.29 is 0 Å². The SMILES string of the molecule is C1=CC2C3C=CC4C5=c6c7c8c9c%10c6=C(CC5)C5CCC6C%11=c%12c(c-9c9c%13c%12=C(CC%11)C1C%13C2C(=C98)C3C74)C61Cc2ccccc2CC%1051. The lowest BCUT2D eigenvalue weighted by atomic mass is 9.38. The molecule has 0 N–H and O–H groups in total. The molecule has 0 aliphatic heterocycles. The third-order valence-corrected chi connectivity index (χ3v) is 19.3. The van der Waals surface area contributed by atoms with Crippen LogP contribution in [0.4, 0.5) is 0 Å². The fourth-order valence-corrected chi connectivity index (χ4v) is 19.0. The number of hydrogen-bond donors (Lipinski definition) is 0. The minimum Gasteiger partial charge on any atom is -0.0836 e. The molecule has 12 unspecified atom stereocenters. The lowest BCUT2D eigenvalue weighted by Gasteiger charge is -2.64. The summed E-state index contributed by atoms with van der Waals surface area (Å²) < 4.78 is 0. The highest BCUT2D eigenvalue weighted by atomic mass is 14.8. The molecule has 2 fully saturated rings. The summed E-state index contributed by atoms with van der Waals surface area (Å²) >= 11 is 0. The van der Waals surface area contributed by atoms with Gasteiger partial charge in [0.15, 0.2) is 0 Å². The molecule has 2 spiro atoms. The number of allylic oxidation sites excluding steroid dienone is 5. The van der Waals surface area contributed by atoms with Crippen LogP contribution in [0.3, 0.4) is 0 Å². The van der Waals surface area contributed by atoms with E-state index in [0.29, 0.717) is 35.5 Å². The first-order chi connectivity index (χ1) is 23.8. The first kappa shape index (κ1) is 22.2. The van der Waals surface area contributed by atoms with E-state index in [1.165, 1.54) is 51.4 Å². The summed E-state index contributed by atoms with van der Waals surface area (Å²) in [4.78, 5) is 0. The first-order valence-electron chi connectivity index (χ1n) is 19.9. The zero-order chi connectivity index (χ0) is 29.6. The van der Waals surface area contributed by atoms with Gasteiger partial charge in [-0.2, -0.15) is 0 Å². The number of rotatable bonds is 0. The maximum absolute atomic E-state index is 2.81. The van der Waals surface area contributed by atoms with Crippen molar-refractivity contribution in [3.63, 3.8) is 0 Å². The fourth-order valence-electron chi connectivity index (χ4n) is 19.0. The Kier molecular flexibility index (Phi) is 2.75. The molecule has 15 aliphatic carbocycles. The summed E-state index contributed by atoms with van der Waals surface area (Å²) in [5.41, 5.74) is 30.6. The van der Waals surface area contributed by atoms with Crippen LogP contribution in [0.15, 0.2) is 54.1 Å². The topological polar surface area (TPSA) is 0 Å². The van der Waals surface area contributed by atoms with Gasteiger partial charge in [-0.25, -0.2) is 0 Å². The summed E-state index contributed by atoms with van der Waals surface area (Å²) in [7, 11) is 0. The molecule has 18 rings (SSSR count). The Morgan fingerprint density at radius 3 is 1.52 bits per heavy atom. The average molecular weight is 611 g/mol. The highest BCUT2D eigenvalue weighted by Gasteiger charge is 2.75. The second kappa shape index (κ2) is 5.95. The van der Waals surface area contributed by atoms with Crippen molar-refractivity contribution in [2.24, 2.45) is 47.3 Å². The third kappa shape index (κ3) is 1.56. The molecule has 2 saturated carbocycles. The van der Waals surface area contributed by atoms with E-state index >= 15 is 0 Å². The molecule has 3 aromatic rings. The predicted octanol–water partition coefficient (Wildman–Crippen LogP) is 6.07. The van der Waals surface area contributed by atoms with Crippen LogP contribution >= 0.6 is 0 Å². The van der Waals surface area contributed by atoms with E-state index < -0.39 is 0 Å². The Hall–Kier alpha value is -3.64. The van der Waals surface area contributed by atoms with E-state index in [2.05, 4.69) is 48.6 Å². The number of fused-ring (bicyclic) bond motifs is 6. The minimum absolute atomic E-state index is 0.244. The molecule has 0 amide bonds. The van der Waals surface area contributed by atoms with Gasteiger partial charge in [-0.1, -0.05) is 76.4 Å². The van der Waals surface area contributed by atoms with Gasteiger partial charge >= 0.3 is 0 Å². The summed E-state index contributed by atoms with van der Waals surface area (Å²) in [5, 5.41) is 7.51. The molecular weight excluding hydrogens is 577 g/mol. The van der Waals surface area contributed by atoms with Gasteiger partial charge in [-0.3, -0.25) is 0 Å². The van der Waals surface area contributed by atoms with Crippen LogP contribution in [0.25, 0.3) is 39.0 Å². The largest absolute Gasteiger partial charge is 0.0836 e. The summed E-state index contributed by atoms with van der Waals surface area (Å²) in [5.74, 6) is 7.12. The van der Waals surface area contributed by atoms with E-state index in [1.807, 2.05) is 98.8 Å². The van der Waals surface area contributed by atoms with Crippen molar-refractivity contribution in [1.82, 2.24) is 0 Å². The average Bonchev–Trinajstić information content (AvgIpc) is 3.92. The molecule has 12 atom stereocenters. The third-order valence-electron chi connectivity index (χ3n) is 19.3. The van der Waals surface area contributed by atoms with E-state index in [0.717, 1.165) is 23.7 Å². The van der Waals surface area contributed by atoms with Crippen LogP contribution in [0.2, 0.25) is 0 Å². The first-order valence-corrected chi connectivity index (χ1v) is 19.9. The van der Waals surface area contributed by atoms with Crippen molar-refractivity contribution in [3.05, 3.63) is 120 Å². The van der Waals surface area contributed by atoms with Crippen LogP contribution in [0.5, 0.6) is 0 Å². The van der Waals surface area contributed by atoms with Gasteiger partial charge in [-0.15, -0.1) is 0 Å². The predicted molar refractivity (Wildman–Crippen MR) is 187 cm³/mol. The zero-order valence-corrected chi connectivity index (χ0v) is 27.0. The molecule has 0 radical (unpaired) electrons. The van der Waals surface area contributed by atoms with Gasteiger partial charge in [0.05, 0.1) is 0 Å². The van der Waals surface area contributed by atoms with Gasteiger partial charge in [0.1, 0.15) is 0 Å². The van der Waals surface area contributed by atoms with E-state index in [9.17, 15) is 0 Å². The molecule has 0 aromatic heterocycles. The fraction of sp³-hybridized carbons (Fsp3) is 0.417. The zero-order valence-electron chi connectivity index (χ0n) is 27.0. The maximum Gasteiger partial charge on any atom is 0.0178 e. The Morgan fingerprint density at radius 1 is 0.500 bits per heavy atom. The Bertz CT molecular complexity index is 2670. The standard InChI is InChI=1S/C48H34/c1-2-4-18-16-48-28-14-13-27-25-11-9-23-21-7-5-19-20-6-8-22-24-10-12-26(28)36-34(24)39-32(22)30(20)37-29(19)31(21)38-33(23)35(25)45(47(27,48)15-17(18)3-1)43-41(38)40(37)42(39)44(43)46(36)48/h1-8,19-22,27-32H,9-16H2. The molecule has 0 saturated heterocycles. The smallest absolute Gasteiger partial charge is 0.0178 e. The van der Waals surface area contributed by atoms with Crippen LogP contribution in [-0.2, 0) is 23.7 Å². The van der Waals surface area contributed by atoms with E-state index in [4.69, 9.17) is 0 Å². The number of benzene rings is 3. The van der Waals surface area contributed by atoms with Crippen LogP contribution < -0.4 is 20.9 Å². The van der Waals surface area contributed by atoms with Crippen molar-refractivity contribution in [2.45, 2.75) is 74.0 Å². The van der Waals surface area contributed by atoms with Crippen LogP contribution in [-0.4, -0.2) is 0 Å². The van der Waals surface area contributed by atoms with Gasteiger partial charge in [0.25, 0.3) is 0 Å². The molecule has 0 heterocycles. The minimum atomic E-state index is 0.244. The molecule has 0 bridgehead atoms. The second-order valence-corrected chi connectivity index (χ2v) is 19.3. The van der Waals surface area contributed by atoms with Crippen molar-refractivity contribution in [1.29, 1.82) is 0 Å². The van der Waals surface area contributed by atoms with E-state index in [-0.39, 0.29) is 10.8 Å². The summed E-state index contributed by atoms with van der Waals surface area (Å²) in [6, 6.07) is 9.87.